The Labute approximate surface area is 145 Å². The van der Waals surface area contributed by atoms with Crippen LogP contribution in [0.3, 0.4) is 0 Å². The predicted molar refractivity (Wildman–Crippen MR) is 97.7 cm³/mol. The van der Waals surface area contributed by atoms with Crippen LogP contribution in [0.4, 0.5) is 0 Å². The molecule has 0 radical (unpaired) electrons. The molecule has 0 saturated carbocycles. The van der Waals surface area contributed by atoms with E-state index >= 15 is 0 Å². The molecule has 0 aliphatic carbocycles. The Balaban J connectivity index is 1.78. The number of nitrogens with one attached hydrogen (secondary N) is 1. The third-order valence-electron chi connectivity index (χ3n) is 3.79. The average Bonchev–Trinajstić information content (AvgIpc) is 3.14. The van der Waals surface area contributed by atoms with Gasteiger partial charge >= 0.3 is 0 Å². The molecule has 122 valence electrons. The zero-order valence-electron chi connectivity index (χ0n) is 13.7. The zero-order chi connectivity index (χ0) is 16.9. The van der Waals surface area contributed by atoms with E-state index in [1.165, 1.54) is 4.90 Å². The number of hydrogen-bond donors (Lipinski definition) is 1. The van der Waals surface area contributed by atoms with Crippen LogP contribution in [0.15, 0.2) is 66.1 Å². The number of amides is 1. The standard InChI is InChI=1S/C19H19N3OS/c1-14-3-8-18(22-10-9-20-13-22)17(11-14)19(23)21-12-15-4-6-16(24-2)7-5-15/h3-11,13H,12H2,1-2H3,(H,21,23). The first-order valence-electron chi connectivity index (χ1n) is 7.67. The Morgan fingerprint density at radius 3 is 2.67 bits per heavy atom. The molecular formula is C19H19N3OS. The van der Waals surface area contributed by atoms with Gasteiger partial charge in [0.25, 0.3) is 5.91 Å². The van der Waals surface area contributed by atoms with E-state index in [0.717, 1.165) is 16.8 Å². The molecule has 0 spiro atoms. The quantitative estimate of drug-likeness (QED) is 0.720. The fraction of sp³-hybridized carbons (Fsp3) is 0.158. The second kappa shape index (κ2) is 7.36. The minimum absolute atomic E-state index is 0.0867. The zero-order valence-corrected chi connectivity index (χ0v) is 14.5. The number of imidazole rings is 1. The molecule has 1 N–H and O–H groups in total. The summed E-state index contributed by atoms with van der Waals surface area (Å²) in [5, 5.41) is 3.00. The molecule has 1 amide bonds. The Bertz CT molecular complexity index is 826. The number of hydrogen-bond acceptors (Lipinski definition) is 3. The van der Waals surface area contributed by atoms with Gasteiger partial charge in [0.2, 0.25) is 0 Å². The van der Waals surface area contributed by atoms with Gasteiger partial charge in [-0.3, -0.25) is 4.79 Å². The molecule has 0 aliphatic rings. The SMILES string of the molecule is CSc1ccc(CNC(=O)c2cc(C)ccc2-n2ccnc2)cc1. The van der Waals surface area contributed by atoms with Gasteiger partial charge in [0.05, 0.1) is 17.6 Å². The highest BCUT2D eigenvalue weighted by Gasteiger charge is 2.13. The topological polar surface area (TPSA) is 46.9 Å². The van der Waals surface area contributed by atoms with Crippen LogP contribution < -0.4 is 5.32 Å². The summed E-state index contributed by atoms with van der Waals surface area (Å²) >= 11 is 1.70. The van der Waals surface area contributed by atoms with E-state index in [1.807, 2.05) is 54.3 Å². The maximum absolute atomic E-state index is 12.7. The van der Waals surface area contributed by atoms with Gasteiger partial charge in [-0.1, -0.05) is 23.8 Å². The van der Waals surface area contributed by atoms with Gasteiger partial charge in [0, 0.05) is 23.8 Å². The lowest BCUT2D eigenvalue weighted by Crippen LogP contribution is -2.24. The van der Waals surface area contributed by atoms with Crippen LogP contribution in [0, 0.1) is 6.92 Å². The van der Waals surface area contributed by atoms with Crippen molar-refractivity contribution in [3.8, 4) is 5.69 Å². The van der Waals surface area contributed by atoms with E-state index in [2.05, 4.69) is 22.4 Å². The monoisotopic (exact) mass is 337 g/mol. The molecule has 0 atom stereocenters. The molecule has 0 bridgehead atoms. The van der Waals surface area contributed by atoms with Gasteiger partial charge in [-0.15, -0.1) is 11.8 Å². The number of aromatic nitrogens is 2. The molecule has 3 rings (SSSR count). The molecule has 1 heterocycles. The van der Waals surface area contributed by atoms with Crippen LogP contribution in [0.25, 0.3) is 5.69 Å². The van der Waals surface area contributed by atoms with Crippen LogP contribution in [0.5, 0.6) is 0 Å². The number of carbonyl (C=O) groups excluding carboxylic acids is 1. The van der Waals surface area contributed by atoms with E-state index in [9.17, 15) is 4.79 Å². The van der Waals surface area contributed by atoms with Crippen molar-refractivity contribution in [3.05, 3.63) is 77.9 Å². The van der Waals surface area contributed by atoms with Gasteiger partial charge in [0.15, 0.2) is 0 Å². The van der Waals surface area contributed by atoms with Crippen molar-refractivity contribution in [2.45, 2.75) is 18.4 Å². The lowest BCUT2D eigenvalue weighted by atomic mass is 10.1. The van der Waals surface area contributed by atoms with Crippen LogP contribution in [-0.4, -0.2) is 21.7 Å². The van der Waals surface area contributed by atoms with Crippen LogP contribution in [0.2, 0.25) is 0 Å². The van der Waals surface area contributed by atoms with E-state index < -0.39 is 0 Å². The Morgan fingerprint density at radius 1 is 1.21 bits per heavy atom. The summed E-state index contributed by atoms with van der Waals surface area (Å²) in [5.41, 5.74) is 3.60. The summed E-state index contributed by atoms with van der Waals surface area (Å²) in [6.07, 6.45) is 7.28. The van der Waals surface area contributed by atoms with Gasteiger partial charge in [0.1, 0.15) is 0 Å². The Hall–Kier alpha value is -2.53. The first-order chi connectivity index (χ1) is 11.7. The summed E-state index contributed by atoms with van der Waals surface area (Å²) in [4.78, 5) is 17.9. The molecule has 0 unspecified atom stereocenters. The third-order valence-corrected chi connectivity index (χ3v) is 4.53. The molecule has 0 aliphatic heterocycles. The summed E-state index contributed by atoms with van der Waals surface area (Å²) in [6, 6.07) is 14.1. The van der Waals surface area contributed by atoms with Gasteiger partial charge in [-0.2, -0.15) is 0 Å². The first-order valence-corrected chi connectivity index (χ1v) is 8.90. The maximum Gasteiger partial charge on any atom is 0.253 e. The normalized spacial score (nSPS) is 10.6. The summed E-state index contributed by atoms with van der Waals surface area (Å²) in [6.45, 7) is 2.49. The number of benzene rings is 2. The number of thioether (sulfide) groups is 1. The number of rotatable bonds is 5. The van der Waals surface area contributed by atoms with Crippen molar-refractivity contribution in [1.82, 2.24) is 14.9 Å². The number of nitrogens with zero attached hydrogens (tertiary/aromatic N) is 2. The van der Waals surface area contributed by atoms with Gasteiger partial charge in [-0.05, 0) is 43.0 Å². The fourth-order valence-corrected chi connectivity index (χ4v) is 2.89. The Morgan fingerprint density at radius 2 is 2.00 bits per heavy atom. The van der Waals surface area contributed by atoms with Crippen LogP contribution in [-0.2, 0) is 6.54 Å². The molecule has 3 aromatic rings. The fourth-order valence-electron chi connectivity index (χ4n) is 2.48. The molecule has 5 heteroatoms. The van der Waals surface area contributed by atoms with Crippen molar-refractivity contribution in [3.63, 3.8) is 0 Å². The lowest BCUT2D eigenvalue weighted by Gasteiger charge is -2.12. The van der Waals surface area contributed by atoms with Gasteiger partial charge < -0.3 is 9.88 Å². The second-order valence-electron chi connectivity index (χ2n) is 5.52. The minimum Gasteiger partial charge on any atom is -0.348 e. The van der Waals surface area contributed by atoms with Gasteiger partial charge in [-0.25, -0.2) is 4.98 Å². The molecule has 2 aromatic carbocycles. The summed E-state index contributed by atoms with van der Waals surface area (Å²) < 4.78 is 1.85. The van der Waals surface area contributed by atoms with Crippen molar-refractivity contribution < 1.29 is 4.79 Å². The summed E-state index contributed by atoms with van der Waals surface area (Å²) in [7, 11) is 0. The van der Waals surface area contributed by atoms with E-state index in [0.29, 0.717) is 12.1 Å². The largest absolute Gasteiger partial charge is 0.348 e. The predicted octanol–water partition coefficient (Wildman–Crippen LogP) is 3.83. The smallest absolute Gasteiger partial charge is 0.253 e. The van der Waals surface area contributed by atoms with E-state index in [1.54, 1.807) is 24.3 Å². The molecule has 0 fully saturated rings. The Kier molecular flexibility index (Phi) is 5.01. The maximum atomic E-state index is 12.7. The van der Waals surface area contributed by atoms with Crippen LogP contribution >= 0.6 is 11.8 Å². The van der Waals surface area contributed by atoms with Crippen molar-refractivity contribution in [2.24, 2.45) is 0 Å². The second-order valence-corrected chi connectivity index (χ2v) is 6.40. The highest BCUT2D eigenvalue weighted by molar-refractivity contribution is 7.98. The van der Waals surface area contributed by atoms with E-state index in [4.69, 9.17) is 0 Å². The number of aryl methyl sites for hydroxylation is 1. The highest BCUT2D eigenvalue weighted by atomic mass is 32.2. The van der Waals surface area contributed by atoms with E-state index in [-0.39, 0.29) is 5.91 Å². The van der Waals surface area contributed by atoms with Crippen molar-refractivity contribution in [2.75, 3.05) is 6.26 Å². The van der Waals surface area contributed by atoms with Crippen molar-refractivity contribution >= 4 is 17.7 Å². The summed E-state index contributed by atoms with van der Waals surface area (Å²) in [5.74, 6) is -0.0867. The first kappa shape index (κ1) is 16.3. The molecule has 1 aromatic heterocycles. The van der Waals surface area contributed by atoms with Crippen LogP contribution in [0.1, 0.15) is 21.5 Å². The third kappa shape index (κ3) is 3.68. The lowest BCUT2D eigenvalue weighted by molar-refractivity contribution is 0.0951. The molecule has 4 nitrogen and oxygen atoms in total. The highest BCUT2D eigenvalue weighted by Crippen LogP contribution is 2.17. The molecule has 0 saturated heterocycles. The number of carbonyl (C=O) groups is 1. The molecule has 24 heavy (non-hydrogen) atoms. The minimum atomic E-state index is -0.0867. The van der Waals surface area contributed by atoms with Crippen molar-refractivity contribution in [1.29, 1.82) is 0 Å². The molecular weight excluding hydrogens is 318 g/mol. The average molecular weight is 337 g/mol.